The fraction of sp³-hybridized carbons (Fsp3) is 0.120. The first-order chi connectivity index (χ1) is 15.0. The van der Waals surface area contributed by atoms with Gasteiger partial charge >= 0.3 is 5.97 Å². The number of hydrogen-bond donors (Lipinski definition) is 0. The predicted octanol–water partition coefficient (Wildman–Crippen LogP) is 5.62. The molecule has 6 heteroatoms. The molecule has 0 saturated carbocycles. The molecule has 1 heterocycles. The molecule has 0 unspecified atom stereocenters. The van der Waals surface area contributed by atoms with Gasteiger partial charge in [0.15, 0.2) is 11.5 Å². The second-order valence-electron chi connectivity index (χ2n) is 7.00. The molecule has 3 aromatic carbocycles. The second kappa shape index (κ2) is 9.06. The number of fused-ring (bicyclic) bond motifs is 1. The average Bonchev–Trinajstić information content (AvgIpc) is 2.79. The highest BCUT2D eigenvalue weighted by molar-refractivity contribution is 6.30. The molecule has 0 bridgehead atoms. The molecule has 0 N–H and O–H groups in total. The third kappa shape index (κ3) is 4.78. The molecule has 0 aliphatic carbocycles. The Hall–Kier alpha value is -3.57. The first kappa shape index (κ1) is 20.7. The van der Waals surface area contributed by atoms with Gasteiger partial charge < -0.3 is 13.9 Å². The summed E-state index contributed by atoms with van der Waals surface area (Å²) in [7, 11) is 0. The van der Waals surface area contributed by atoms with Gasteiger partial charge in [-0.15, -0.1) is 0 Å². The van der Waals surface area contributed by atoms with Gasteiger partial charge in [-0.2, -0.15) is 0 Å². The highest BCUT2D eigenvalue weighted by atomic mass is 35.5. The molecule has 4 rings (SSSR count). The van der Waals surface area contributed by atoms with Crippen LogP contribution in [-0.2, 0) is 16.1 Å². The summed E-state index contributed by atoms with van der Waals surface area (Å²) < 4.78 is 16.7. The van der Waals surface area contributed by atoms with Gasteiger partial charge in [0.1, 0.15) is 24.2 Å². The van der Waals surface area contributed by atoms with Gasteiger partial charge in [0, 0.05) is 11.1 Å². The van der Waals surface area contributed by atoms with Crippen molar-refractivity contribution in [3.05, 3.63) is 99.9 Å². The summed E-state index contributed by atoms with van der Waals surface area (Å²) >= 11 is 5.92. The van der Waals surface area contributed by atoms with Crippen LogP contribution < -0.4 is 10.2 Å². The smallest absolute Gasteiger partial charge is 0.347 e. The molecular formula is C25H19ClO5. The number of halogens is 1. The van der Waals surface area contributed by atoms with Crippen molar-refractivity contribution < 1.29 is 18.7 Å². The molecule has 0 radical (unpaired) electrons. The minimum Gasteiger partial charge on any atom is -0.479 e. The zero-order valence-electron chi connectivity index (χ0n) is 16.7. The lowest BCUT2D eigenvalue weighted by molar-refractivity contribution is -0.152. The van der Waals surface area contributed by atoms with E-state index < -0.39 is 12.1 Å². The van der Waals surface area contributed by atoms with Crippen LogP contribution in [0.2, 0.25) is 5.02 Å². The SMILES string of the molecule is C[C@H](Oc1ccc2c(=O)c(-c3ccc(Cl)cc3)coc2c1)C(=O)OCc1ccccc1. The minimum absolute atomic E-state index is 0.162. The number of ether oxygens (including phenoxy) is 2. The lowest BCUT2D eigenvalue weighted by atomic mass is 10.1. The molecule has 1 atom stereocenters. The largest absolute Gasteiger partial charge is 0.479 e. The lowest BCUT2D eigenvalue weighted by Crippen LogP contribution is -2.26. The van der Waals surface area contributed by atoms with Crippen molar-refractivity contribution in [2.75, 3.05) is 0 Å². The predicted molar refractivity (Wildman–Crippen MR) is 119 cm³/mol. The van der Waals surface area contributed by atoms with Crippen LogP contribution in [0.3, 0.4) is 0 Å². The highest BCUT2D eigenvalue weighted by Crippen LogP contribution is 2.24. The third-order valence-electron chi connectivity index (χ3n) is 4.77. The number of hydrogen-bond acceptors (Lipinski definition) is 5. The van der Waals surface area contributed by atoms with Gasteiger partial charge in [0.25, 0.3) is 0 Å². The van der Waals surface area contributed by atoms with E-state index in [1.165, 1.54) is 6.26 Å². The first-order valence-corrected chi connectivity index (χ1v) is 10.1. The zero-order chi connectivity index (χ0) is 21.8. The molecular weight excluding hydrogens is 416 g/mol. The quantitative estimate of drug-likeness (QED) is 0.368. The molecule has 0 fully saturated rings. The molecule has 0 aliphatic rings. The maximum Gasteiger partial charge on any atom is 0.347 e. The first-order valence-electron chi connectivity index (χ1n) is 9.70. The Bertz CT molecular complexity index is 1260. The Labute approximate surface area is 183 Å². The normalized spacial score (nSPS) is 11.8. The molecule has 1 aromatic heterocycles. The number of esters is 1. The zero-order valence-corrected chi connectivity index (χ0v) is 17.5. The van der Waals surface area contributed by atoms with Crippen LogP contribution in [0.1, 0.15) is 12.5 Å². The van der Waals surface area contributed by atoms with E-state index in [-0.39, 0.29) is 12.0 Å². The lowest BCUT2D eigenvalue weighted by Gasteiger charge is -2.14. The maximum absolute atomic E-state index is 12.9. The Morgan fingerprint density at radius 3 is 2.52 bits per heavy atom. The summed E-state index contributed by atoms with van der Waals surface area (Å²) in [5.41, 5.74) is 2.26. The Morgan fingerprint density at radius 2 is 1.77 bits per heavy atom. The average molecular weight is 435 g/mol. The van der Waals surface area contributed by atoms with E-state index in [2.05, 4.69) is 0 Å². The number of carbonyl (C=O) groups is 1. The van der Waals surface area contributed by atoms with Gasteiger partial charge in [0.2, 0.25) is 0 Å². The molecule has 0 amide bonds. The van der Waals surface area contributed by atoms with Crippen LogP contribution in [0, 0.1) is 0 Å². The van der Waals surface area contributed by atoms with Gasteiger partial charge in [0.05, 0.1) is 10.9 Å². The molecule has 0 aliphatic heterocycles. The summed E-state index contributed by atoms with van der Waals surface area (Å²) in [6.45, 7) is 1.78. The van der Waals surface area contributed by atoms with Crippen LogP contribution in [0.4, 0.5) is 0 Å². The Kier molecular flexibility index (Phi) is 6.05. The van der Waals surface area contributed by atoms with Crippen LogP contribution in [0.5, 0.6) is 5.75 Å². The Morgan fingerprint density at radius 1 is 1.03 bits per heavy atom. The summed E-state index contributed by atoms with van der Waals surface area (Å²) in [5, 5.41) is 1.01. The van der Waals surface area contributed by atoms with Crippen LogP contribution in [0.15, 0.2) is 88.3 Å². The number of rotatable bonds is 6. The number of carbonyl (C=O) groups excluding carboxylic acids is 1. The molecule has 5 nitrogen and oxygen atoms in total. The summed E-state index contributed by atoms with van der Waals surface area (Å²) in [6, 6.07) is 21.2. The fourth-order valence-electron chi connectivity index (χ4n) is 3.11. The standard InChI is InChI=1S/C25H19ClO5/c1-16(25(28)30-14-17-5-3-2-4-6-17)31-20-11-12-21-23(13-20)29-15-22(24(21)27)18-7-9-19(26)10-8-18/h2-13,15-16H,14H2,1H3/t16-/m0/s1. The van der Waals surface area contributed by atoms with Crippen molar-refractivity contribution in [1.29, 1.82) is 0 Å². The molecule has 4 aromatic rings. The van der Waals surface area contributed by atoms with E-state index in [0.717, 1.165) is 11.1 Å². The summed E-state index contributed by atoms with van der Waals surface area (Å²) in [5.74, 6) is -0.0810. The van der Waals surface area contributed by atoms with Gasteiger partial charge in [-0.1, -0.05) is 54.1 Å². The van der Waals surface area contributed by atoms with E-state index in [4.69, 9.17) is 25.5 Å². The number of benzene rings is 3. The molecule has 156 valence electrons. The van der Waals surface area contributed by atoms with Crippen molar-refractivity contribution in [2.45, 2.75) is 19.6 Å². The van der Waals surface area contributed by atoms with E-state index >= 15 is 0 Å². The topological polar surface area (TPSA) is 65.7 Å². The second-order valence-corrected chi connectivity index (χ2v) is 7.43. The third-order valence-corrected chi connectivity index (χ3v) is 5.02. The van der Waals surface area contributed by atoms with E-state index in [1.54, 1.807) is 49.4 Å². The van der Waals surface area contributed by atoms with E-state index in [9.17, 15) is 9.59 Å². The van der Waals surface area contributed by atoms with E-state index in [1.807, 2.05) is 30.3 Å². The van der Waals surface area contributed by atoms with Gasteiger partial charge in [-0.05, 0) is 42.3 Å². The molecule has 0 spiro atoms. The van der Waals surface area contributed by atoms with Crippen molar-refractivity contribution in [1.82, 2.24) is 0 Å². The summed E-state index contributed by atoms with van der Waals surface area (Å²) in [4.78, 5) is 25.1. The van der Waals surface area contributed by atoms with Crippen LogP contribution in [0.25, 0.3) is 22.1 Å². The summed E-state index contributed by atoms with van der Waals surface area (Å²) in [6.07, 6.45) is 0.594. The van der Waals surface area contributed by atoms with Crippen LogP contribution in [-0.4, -0.2) is 12.1 Å². The van der Waals surface area contributed by atoms with Crippen LogP contribution >= 0.6 is 11.6 Å². The van der Waals surface area contributed by atoms with Crippen molar-refractivity contribution in [3.8, 4) is 16.9 Å². The van der Waals surface area contributed by atoms with E-state index in [0.29, 0.717) is 27.3 Å². The highest BCUT2D eigenvalue weighted by Gasteiger charge is 2.17. The van der Waals surface area contributed by atoms with Crippen molar-refractivity contribution in [3.63, 3.8) is 0 Å². The fourth-order valence-corrected chi connectivity index (χ4v) is 3.23. The minimum atomic E-state index is -0.818. The van der Waals surface area contributed by atoms with Gasteiger partial charge in [-0.3, -0.25) is 4.79 Å². The van der Waals surface area contributed by atoms with Crippen molar-refractivity contribution in [2.24, 2.45) is 0 Å². The van der Waals surface area contributed by atoms with Crippen molar-refractivity contribution >= 4 is 28.5 Å². The van der Waals surface area contributed by atoms with Gasteiger partial charge in [-0.25, -0.2) is 4.79 Å². The monoisotopic (exact) mass is 434 g/mol. The maximum atomic E-state index is 12.9. The Balaban J connectivity index is 1.48. The molecule has 31 heavy (non-hydrogen) atoms. The molecule has 0 saturated heterocycles.